The molecule has 25 heavy (non-hydrogen) atoms. The first kappa shape index (κ1) is 17.1. The standard InChI is InChI=1S/C21H24N2O2/c1-17-3-5-18(6-4-17)7-12-21(24)23-15-13-22(14-16-23)19-8-10-20(25-2)11-9-19/h3-12H,13-16H2,1-2H3/b12-7+. The fraction of sp³-hybridized carbons (Fsp3) is 0.286. The topological polar surface area (TPSA) is 32.8 Å². The lowest BCUT2D eigenvalue weighted by molar-refractivity contribution is -0.126. The molecule has 1 fully saturated rings. The van der Waals surface area contributed by atoms with Crippen LogP contribution in [0.3, 0.4) is 0 Å². The highest BCUT2D eigenvalue weighted by molar-refractivity contribution is 5.92. The third-order valence-corrected chi connectivity index (χ3v) is 4.52. The highest BCUT2D eigenvalue weighted by atomic mass is 16.5. The quantitative estimate of drug-likeness (QED) is 0.803. The summed E-state index contributed by atoms with van der Waals surface area (Å²) in [6.45, 7) is 5.22. The van der Waals surface area contributed by atoms with Crippen LogP contribution < -0.4 is 9.64 Å². The molecule has 1 heterocycles. The van der Waals surface area contributed by atoms with Gasteiger partial charge in [-0.3, -0.25) is 4.79 Å². The van der Waals surface area contributed by atoms with E-state index >= 15 is 0 Å². The summed E-state index contributed by atoms with van der Waals surface area (Å²) in [7, 11) is 1.67. The second-order valence-corrected chi connectivity index (χ2v) is 6.25. The molecule has 1 amide bonds. The molecule has 1 aliphatic rings. The van der Waals surface area contributed by atoms with Crippen molar-refractivity contribution in [3.63, 3.8) is 0 Å². The van der Waals surface area contributed by atoms with Gasteiger partial charge < -0.3 is 14.5 Å². The molecule has 0 aliphatic carbocycles. The number of amides is 1. The van der Waals surface area contributed by atoms with E-state index in [0.29, 0.717) is 0 Å². The fourth-order valence-corrected chi connectivity index (χ4v) is 2.93. The van der Waals surface area contributed by atoms with Crippen molar-refractivity contribution in [3.8, 4) is 5.75 Å². The van der Waals surface area contributed by atoms with Crippen LogP contribution in [0.2, 0.25) is 0 Å². The summed E-state index contributed by atoms with van der Waals surface area (Å²) in [5.41, 5.74) is 3.44. The van der Waals surface area contributed by atoms with Crippen molar-refractivity contribution in [1.82, 2.24) is 4.90 Å². The summed E-state index contributed by atoms with van der Waals surface area (Å²) >= 11 is 0. The van der Waals surface area contributed by atoms with Crippen LogP contribution in [0.5, 0.6) is 5.75 Å². The molecular formula is C21H24N2O2. The van der Waals surface area contributed by atoms with Crippen molar-refractivity contribution in [1.29, 1.82) is 0 Å². The third-order valence-electron chi connectivity index (χ3n) is 4.52. The van der Waals surface area contributed by atoms with Crippen molar-refractivity contribution < 1.29 is 9.53 Å². The molecule has 2 aromatic rings. The lowest BCUT2D eigenvalue weighted by atomic mass is 10.1. The smallest absolute Gasteiger partial charge is 0.246 e. The van der Waals surface area contributed by atoms with E-state index in [-0.39, 0.29) is 5.91 Å². The third kappa shape index (κ3) is 4.41. The summed E-state index contributed by atoms with van der Waals surface area (Å²) in [6.07, 6.45) is 3.56. The molecule has 0 N–H and O–H groups in total. The fourth-order valence-electron chi connectivity index (χ4n) is 2.93. The van der Waals surface area contributed by atoms with Gasteiger partial charge in [-0.2, -0.15) is 0 Å². The van der Waals surface area contributed by atoms with Crippen LogP contribution in [0.4, 0.5) is 5.69 Å². The predicted molar refractivity (Wildman–Crippen MR) is 102 cm³/mol. The van der Waals surface area contributed by atoms with Crippen molar-refractivity contribution in [2.24, 2.45) is 0 Å². The maximum absolute atomic E-state index is 12.4. The van der Waals surface area contributed by atoms with Gasteiger partial charge in [0.05, 0.1) is 7.11 Å². The number of hydrogen-bond donors (Lipinski definition) is 0. The SMILES string of the molecule is COc1ccc(N2CCN(C(=O)/C=C/c3ccc(C)cc3)CC2)cc1. The van der Waals surface area contributed by atoms with Crippen molar-refractivity contribution >= 4 is 17.7 Å². The molecule has 0 spiro atoms. The zero-order valence-electron chi connectivity index (χ0n) is 14.8. The second-order valence-electron chi connectivity index (χ2n) is 6.25. The van der Waals surface area contributed by atoms with E-state index in [1.165, 1.54) is 11.3 Å². The van der Waals surface area contributed by atoms with Crippen LogP contribution >= 0.6 is 0 Å². The van der Waals surface area contributed by atoms with Crippen molar-refractivity contribution in [2.75, 3.05) is 38.2 Å². The average molecular weight is 336 g/mol. The Morgan fingerprint density at radius 2 is 1.60 bits per heavy atom. The molecule has 1 saturated heterocycles. The van der Waals surface area contributed by atoms with Gasteiger partial charge >= 0.3 is 0 Å². The normalized spacial score (nSPS) is 14.8. The monoisotopic (exact) mass is 336 g/mol. The molecule has 0 radical (unpaired) electrons. The number of carbonyl (C=O) groups is 1. The number of carbonyl (C=O) groups excluding carboxylic acids is 1. The van der Waals surface area contributed by atoms with Gasteiger partial charge in [0, 0.05) is 37.9 Å². The highest BCUT2D eigenvalue weighted by Gasteiger charge is 2.19. The molecule has 1 aliphatic heterocycles. The van der Waals surface area contributed by atoms with E-state index in [0.717, 1.165) is 37.5 Å². The molecular weight excluding hydrogens is 312 g/mol. The largest absolute Gasteiger partial charge is 0.497 e. The van der Waals surface area contributed by atoms with E-state index in [2.05, 4.69) is 36.1 Å². The van der Waals surface area contributed by atoms with Gasteiger partial charge in [0.25, 0.3) is 0 Å². The maximum atomic E-state index is 12.4. The van der Waals surface area contributed by atoms with E-state index in [1.807, 2.05) is 35.2 Å². The summed E-state index contributed by atoms with van der Waals surface area (Å²) in [4.78, 5) is 16.6. The Kier molecular flexibility index (Phi) is 5.39. The molecule has 4 heteroatoms. The first-order valence-corrected chi connectivity index (χ1v) is 8.58. The summed E-state index contributed by atoms with van der Waals surface area (Å²) in [5.74, 6) is 0.939. The molecule has 0 atom stereocenters. The van der Waals surface area contributed by atoms with Crippen LogP contribution in [-0.2, 0) is 4.79 Å². The number of rotatable bonds is 4. The number of benzene rings is 2. The number of ether oxygens (including phenoxy) is 1. The second kappa shape index (κ2) is 7.88. The first-order valence-electron chi connectivity index (χ1n) is 8.58. The zero-order valence-corrected chi connectivity index (χ0v) is 14.8. The Morgan fingerprint density at radius 3 is 2.20 bits per heavy atom. The van der Waals surface area contributed by atoms with E-state index in [1.54, 1.807) is 13.2 Å². The van der Waals surface area contributed by atoms with Crippen LogP contribution in [0.1, 0.15) is 11.1 Å². The maximum Gasteiger partial charge on any atom is 0.246 e. The van der Waals surface area contributed by atoms with Crippen molar-refractivity contribution in [2.45, 2.75) is 6.92 Å². The predicted octanol–water partition coefficient (Wildman–Crippen LogP) is 3.37. The van der Waals surface area contributed by atoms with E-state index in [9.17, 15) is 4.79 Å². The van der Waals surface area contributed by atoms with Gasteiger partial charge in [0.15, 0.2) is 0 Å². The molecule has 0 aromatic heterocycles. The van der Waals surface area contributed by atoms with Crippen molar-refractivity contribution in [3.05, 3.63) is 65.7 Å². The number of hydrogen-bond acceptors (Lipinski definition) is 3. The van der Waals surface area contributed by atoms with Gasteiger partial charge in [-0.15, -0.1) is 0 Å². The minimum absolute atomic E-state index is 0.0787. The van der Waals surface area contributed by atoms with E-state index < -0.39 is 0 Å². The number of aryl methyl sites for hydroxylation is 1. The van der Waals surface area contributed by atoms with Gasteiger partial charge in [0.2, 0.25) is 5.91 Å². The van der Waals surface area contributed by atoms with Crippen LogP contribution in [0.25, 0.3) is 6.08 Å². The van der Waals surface area contributed by atoms with Crippen LogP contribution in [0, 0.1) is 6.92 Å². The number of nitrogens with zero attached hydrogens (tertiary/aromatic N) is 2. The first-order chi connectivity index (χ1) is 12.2. The van der Waals surface area contributed by atoms with Gasteiger partial charge in [-0.25, -0.2) is 0 Å². The Labute approximate surface area is 149 Å². The molecule has 4 nitrogen and oxygen atoms in total. The minimum Gasteiger partial charge on any atom is -0.497 e. The molecule has 3 rings (SSSR count). The molecule has 0 saturated carbocycles. The minimum atomic E-state index is 0.0787. The van der Waals surface area contributed by atoms with Gasteiger partial charge in [-0.1, -0.05) is 29.8 Å². The Balaban J connectivity index is 1.54. The Bertz CT molecular complexity index is 727. The Morgan fingerprint density at radius 1 is 0.960 bits per heavy atom. The van der Waals surface area contributed by atoms with Crippen LogP contribution in [0.15, 0.2) is 54.6 Å². The van der Waals surface area contributed by atoms with Gasteiger partial charge in [-0.05, 0) is 42.8 Å². The van der Waals surface area contributed by atoms with Crippen LogP contribution in [-0.4, -0.2) is 44.1 Å². The lowest BCUT2D eigenvalue weighted by Gasteiger charge is -2.35. The average Bonchev–Trinajstić information content (AvgIpc) is 2.67. The lowest BCUT2D eigenvalue weighted by Crippen LogP contribution is -2.48. The summed E-state index contributed by atoms with van der Waals surface area (Å²) in [5, 5.41) is 0. The van der Waals surface area contributed by atoms with E-state index in [4.69, 9.17) is 4.74 Å². The summed E-state index contributed by atoms with van der Waals surface area (Å²) < 4.78 is 5.20. The Hall–Kier alpha value is -2.75. The highest BCUT2D eigenvalue weighted by Crippen LogP contribution is 2.20. The molecule has 130 valence electrons. The summed E-state index contributed by atoms with van der Waals surface area (Å²) in [6, 6.07) is 16.2. The molecule has 2 aromatic carbocycles. The number of piperazine rings is 1. The number of anilines is 1. The zero-order chi connectivity index (χ0) is 17.6. The van der Waals surface area contributed by atoms with Gasteiger partial charge in [0.1, 0.15) is 5.75 Å². The molecule has 0 unspecified atom stereocenters. The number of methoxy groups -OCH3 is 1. The molecule has 0 bridgehead atoms.